The van der Waals surface area contributed by atoms with E-state index in [-0.39, 0.29) is 0 Å². The Labute approximate surface area is 153 Å². The largest absolute Gasteiger partial charge is 0.463 e. The van der Waals surface area contributed by atoms with Crippen molar-refractivity contribution in [3.05, 3.63) is 0 Å². The first-order valence-corrected chi connectivity index (χ1v) is 10.1. The monoisotopic (exact) mass is 364 g/mol. The molecule has 0 amide bonds. The van der Waals surface area contributed by atoms with Crippen LogP contribution in [0, 0.1) is 22.7 Å². The van der Waals surface area contributed by atoms with Gasteiger partial charge in [-0.2, -0.15) is 0 Å². The molecule has 0 unspecified atom stereocenters. The maximum absolute atomic E-state index is 12.4. The van der Waals surface area contributed by atoms with Crippen LogP contribution in [0.5, 0.6) is 0 Å². The molecule has 2 atom stereocenters. The Balaban J connectivity index is 1.08. The molecule has 144 valence electrons. The lowest BCUT2D eigenvalue weighted by molar-refractivity contribution is -0.202. The highest BCUT2D eigenvalue weighted by Crippen LogP contribution is 2.63. The first-order chi connectivity index (χ1) is 12.6. The van der Waals surface area contributed by atoms with Crippen LogP contribution in [-0.4, -0.2) is 50.6 Å². The normalized spacial score (nSPS) is 36.1. The zero-order chi connectivity index (χ0) is 17.8. The van der Waals surface area contributed by atoms with Gasteiger partial charge in [-0.25, -0.2) is 9.59 Å². The van der Waals surface area contributed by atoms with Gasteiger partial charge in [0.25, 0.3) is 0 Å². The van der Waals surface area contributed by atoms with Crippen LogP contribution < -0.4 is 0 Å². The quantitative estimate of drug-likeness (QED) is 0.673. The highest BCUT2D eigenvalue weighted by atomic mass is 16.6. The lowest BCUT2D eigenvalue weighted by Crippen LogP contribution is -2.50. The summed E-state index contributed by atoms with van der Waals surface area (Å²) in [6, 6.07) is 0. The van der Waals surface area contributed by atoms with E-state index in [1.807, 2.05) is 0 Å². The van der Waals surface area contributed by atoms with Gasteiger partial charge in [-0.3, -0.25) is 0 Å². The summed E-state index contributed by atoms with van der Waals surface area (Å²) >= 11 is 0. The van der Waals surface area contributed by atoms with Crippen molar-refractivity contribution in [1.29, 1.82) is 0 Å². The second-order valence-electron chi connectivity index (χ2n) is 9.39. The van der Waals surface area contributed by atoms with E-state index in [9.17, 15) is 9.59 Å². The molecule has 1 aliphatic heterocycles. The van der Waals surface area contributed by atoms with Gasteiger partial charge in [0.15, 0.2) is 12.2 Å². The molecule has 6 heteroatoms. The van der Waals surface area contributed by atoms with Gasteiger partial charge in [0.1, 0.15) is 0 Å². The molecule has 4 aliphatic carbocycles. The summed E-state index contributed by atoms with van der Waals surface area (Å²) in [7, 11) is 0. The third-order valence-corrected chi connectivity index (χ3v) is 7.14. The third-order valence-electron chi connectivity index (χ3n) is 7.14. The highest BCUT2D eigenvalue weighted by molar-refractivity contribution is 5.85. The molecule has 5 rings (SSSR count). The summed E-state index contributed by atoms with van der Waals surface area (Å²) < 4.78 is 21.9. The zero-order valence-electron chi connectivity index (χ0n) is 15.2. The molecule has 6 nitrogen and oxygen atoms in total. The fourth-order valence-electron chi connectivity index (χ4n) is 5.21. The molecular formula is C20H28O6. The molecule has 1 saturated heterocycles. The first kappa shape index (κ1) is 17.0. The van der Waals surface area contributed by atoms with Crippen LogP contribution in [0.15, 0.2) is 0 Å². The SMILES string of the molecule is O=C(OCC1CC2(CC2)C1)[C@H]1OCCO[C@H]1C(=O)OCC1CC2(CC2)C1. The molecule has 0 aromatic heterocycles. The van der Waals surface area contributed by atoms with Crippen LogP contribution in [0.1, 0.15) is 51.4 Å². The number of carbonyl (C=O) groups is 2. The van der Waals surface area contributed by atoms with Crippen molar-refractivity contribution in [1.82, 2.24) is 0 Å². The van der Waals surface area contributed by atoms with Gasteiger partial charge in [0.05, 0.1) is 26.4 Å². The predicted octanol–water partition coefficient (Wildman–Crippen LogP) is 2.24. The molecule has 26 heavy (non-hydrogen) atoms. The van der Waals surface area contributed by atoms with E-state index in [0.717, 1.165) is 25.7 Å². The summed E-state index contributed by atoms with van der Waals surface area (Å²) in [6.07, 6.45) is 7.96. The smallest absolute Gasteiger partial charge is 0.338 e. The van der Waals surface area contributed by atoms with Gasteiger partial charge < -0.3 is 18.9 Å². The van der Waals surface area contributed by atoms with Crippen LogP contribution in [0.2, 0.25) is 0 Å². The molecule has 4 saturated carbocycles. The molecule has 2 spiro atoms. The Kier molecular flexibility index (Phi) is 4.05. The molecular weight excluding hydrogens is 336 g/mol. The maximum atomic E-state index is 12.4. The Hall–Kier alpha value is -1.14. The molecule has 0 aromatic rings. The molecule has 0 bridgehead atoms. The number of ether oxygens (including phenoxy) is 4. The maximum Gasteiger partial charge on any atom is 0.338 e. The minimum absolute atomic E-state index is 0.293. The van der Waals surface area contributed by atoms with E-state index in [2.05, 4.69) is 0 Å². The second-order valence-corrected chi connectivity index (χ2v) is 9.39. The molecule has 0 N–H and O–H groups in total. The predicted molar refractivity (Wildman–Crippen MR) is 90.2 cm³/mol. The Morgan fingerprint density at radius 1 is 0.731 bits per heavy atom. The number of hydrogen-bond acceptors (Lipinski definition) is 6. The van der Waals surface area contributed by atoms with Crippen LogP contribution in [0.3, 0.4) is 0 Å². The fraction of sp³-hybridized carbons (Fsp3) is 0.900. The van der Waals surface area contributed by atoms with Gasteiger partial charge >= 0.3 is 11.9 Å². The number of carbonyl (C=O) groups excluding carboxylic acids is 2. The van der Waals surface area contributed by atoms with Crippen molar-refractivity contribution in [3.8, 4) is 0 Å². The second kappa shape index (κ2) is 6.20. The summed E-state index contributed by atoms with van der Waals surface area (Å²) in [4.78, 5) is 24.8. The average Bonchev–Trinajstić information content (AvgIpc) is 3.49. The van der Waals surface area contributed by atoms with Crippen LogP contribution >= 0.6 is 0 Å². The van der Waals surface area contributed by atoms with E-state index in [4.69, 9.17) is 18.9 Å². The lowest BCUT2D eigenvalue weighted by Gasteiger charge is -2.36. The van der Waals surface area contributed by atoms with Crippen molar-refractivity contribution in [2.24, 2.45) is 22.7 Å². The number of esters is 2. The van der Waals surface area contributed by atoms with E-state index in [0.29, 0.717) is 49.1 Å². The minimum Gasteiger partial charge on any atom is -0.463 e. The standard InChI is InChI=1S/C20H28O6/c21-17(25-11-13-7-19(8-13)1-2-19)15-16(24-6-5-23-15)18(22)26-12-14-9-20(10-14)3-4-20/h13-16H,1-12H2/t15-,16+. The topological polar surface area (TPSA) is 71.1 Å². The van der Waals surface area contributed by atoms with Gasteiger partial charge in [-0.15, -0.1) is 0 Å². The van der Waals surface area contributed by atoms with Crippen LogP contribution in [0.4, 0.5) is 0 Å². The Bertz CT molecular complexity index is 525. The van der Waals surface area contributed by atoms with Crippen molar-refractivity contribution in [2.45, 2.75) is 63.6 Å². The molecule has 0 radical (unpaired) electrons. The van der Waals surface area contributed by atoms with Gasteiger partial charge in [0.2, 0.25) is 0 Å². The number of hydrogen-bond donors (Lipinski definition) is 0. The summed E-state index contributed by atoms with van der Waals surface area (Å²) in [5, 5.41) is 0. The zero-order valence-corrected chi connectivity index (χ0v) is 15.2. The van der Waals surface area contributed by atoms with Crippen LogP contribution in [0.25, 0.3) is 0 Å². The Morgan fingerprint density at radius 3 is 1.46 bits per heavy atom. The van der Waals surface area contributed by atoms with E-state index in [1.165, 1.54) is 25.7 Å². The highest BCUT2D eigenvalue weighted by Gasteiger charge is 2.54. The summed E-state index contributed by atoms with van der Waals surface area (Å²) in [6.45, 7) is 1.43. The third kappa shape index (κ3) is 3.26. The van der Waals surface area contributed by atoms with E-state index >= 15 is 0 Å². The Morgan fingerprint density at radius 2 is 1.12 bits per heavy atom. The van der Waals surface area contributed by atoms with Crippen molar-refractivity contribution < 1.29 is 28.5 Å². The van der Waals surface area contributed by atoms with Gasteiger partial charge in [0, 0.05) is 0 Å². The molecule has 5 aliphatic rings. The van der Waals surface area contributed by atoms with Crippen molar-refractivity contribution >= 4 is 11.9 Å². The lowest BCUT2D eigenvalue weighted by atomic mass is 9.72. The number of rotatable bonds is 6. The van der Waals surface area contributed by atoms with Crippen molar-refractivity contribution in [2.75, 3.05) is 26.4 Å². The average molecular weight is 364 g/mol. The van der Waals surface area contributed by atoms with Crippen LogP contribution in [-0.2, 0) is 28.5 Å². The van der Waals surface area contributed by atoms with Gasteiger partial charge in [-0.05, 0) is 74.0 Å². The van der Waals surface area contributed by atoms with E-state index < -0.39 is 24.1 Å². The summed E-state index contributed by atoms with van der Waals surface area (Å²) in [5.41, 5.74) is 1.18. The van der Waals surface area contributed by atoms with E-state index in [1.54, 1.807) is 0 Å². The molecule has 1 heterocycles. The fourth-order valence-corrected chi connectivity index (χ4v) is 5.21. The minimum atomic E-state index is -0.998. The summed E-state index contributed by atoms with van der Waals surface area (Å²) in [5.74, 6) is -0.0672. The molecule has 0 aromatic carbocycles. The molecule has 5 fully saturated rings. The first-order valence-electron chi connectivity index (χ1n) is 10.1. The van der Waals surface area contributed by atoms with Gasteiger partial charge in [-0.1, -0.05) is 0 Å². The van der Waals surface area contributed by atoms with Crippen molar-refractivity contribution in [3.63, 3.8) is 0 Å².